The van der Waals surface area contributed by atoms with Crippen molar-refractivity contribution in [3.05, 3.63) is 58.3 Å². The van der Waals surface area contributed by atoms with Gasteiger partial charge in [0.25, 0.3) is 0 Å². The first-order chi connectivity index (χ1) is 12.6. The summed E-state index contributed by atoms with van der Waals surface area (Å²) in [6, 6.07) is 16.6. The van der Waals surface area contributed by atoms with Crippen molar-refractivity contribution in [2.45, 2.75) is 18.9 Å². The molecule has 0 saturated carbocycles. The van der Waals surface area contributed by atoms with Gasteiger partial charge in [0.15, 0.2) is 0 Å². The van der Waals surface area contributed by atoms with E-state index in [1.807, 2.05) is 12.1 Å². The highest BCUT2D eigenvalue weighted by atomic mass is 127. The number of hydrogen-bond acceptors (Lipinski definition) is 2. The maximum absolute atomic E-state index is 11.0. The number of benzene rings is 2. The van der Waals surface area contributed by atoms with E-state index in [9.17, 15) is 4.79 Å². The van der Waals surface area contributed by atoms with E-state index >= 15 is 0 Å². The molecule has 2 heterocycles. The number of aromatic nitrogens is 1. The molecule has 1 fully saturated rings. The van der Waals surface area contributed by atoms with Crippen LogP contribution in [0, 0.1) is 3.57 Å². The summed E-state index contributed by atoms with van der Waals surface area (Å²) in [5.74, 6) is 0.862. The van der Waals surface area contributed by atoms with Gasteiger partial charge in [0.2, 0.25) is 0 Å². The molecule has 5 nitrogen and oxygen atoms in total. The maximum atomic E-state index is 11.0. The minimum Gasteiger partial charge on any atom is -0.490 e. The van der Waals surface area contributed by atoms with Gasteiger partial charge in [0, 0.05) is 46.8 Å². The molecular weight excluding hydrogens is 443 g/mol. The molecule has 2 aromatic carbocycles. The Hall–Kier alpha value is -2.22. The summed E-state index contributed by atoms with van der Waals surface area (Å²) in [4.78, 5) is 12.5. The molecule has 4 rings (SSSR count). The standard InChI is InChI=1S/C20H19IN2O3/c21-14-4-6-15(7-5-14)23-13-10-17-18(23)2-1-3-19(17)26-16-8-11-22(12-9-16)20(24)25/h1-7,10,13,16H,8-9,11-12H2,(H,24,25). The Labute approximate surface area is 165 Å². The van der Waals surface area contributed by atoms with Crippen molar-refractivity contribution in [3.8, 4) is 11.4 Å². The molecule has 0 unspecified atom stereocenters. The fourth-order valence-corrected chi connectivity index (χ4v) is 3.77. The number of rotatable bonds is 3. The van der Waals surface area contributed by atoms with Crippen molar-refractivity contribution in [1.82, 2.24) is 9.47 Å². The van der Waals surface area contributed by atoms with Gasteiger partial charge in [0.1, 0.15) is 11.9 Å². The van der Waals surface area contributed by atoms with Crippen LogP contribution in [0.1, 0.15) is 12.8 Å². The second-order valence-corrected chi connectivity index (χ2v) is 7.68. The Morgan fingerprint density at radius 2 is 1.81 bits per heavy atom. The average Bonchev–Trinajstić information content (AvgIpc) is 3.08. The third kappa shape index (κ3) is 3.38. The first-order valence-electron chi connectivity index (χ1n) is 8.62. The van der Waals surface area contributed by atoms with Gasteiger partial charge in [-0.15, -0.1) is 0 Å². The van der Waals surface area contributed by atoms with Crippen LogP contribution in [0.2, 0.25) is 0 Å². The van der Waals surface area contributed by atoms with Crippen molar-refractivity contribution >= 4 is 39.6 Å². The normalized spacial score (nSPS) is 15.3. The number of carboxylic acid groups (broad SMARTS) is 1. The molecule has 1 aliphatic heterocycles. The smallest absolute Gasteiger partial charge is 0.407 e. The lowest BCUT2D eigenvalue weighted by molar-refractivity contribution is 0.0902. The van der Waals surface area contributed by atoms with E-state index in [0.29, 0.717) is 13.1 Å². The number of halogens is 1. The Bertz CT molecular complexity index is 928. The molecule has 0 bridgehead atoms. The molecule has 6 heteroatoms. The van der Waals surface area contributed by atoms with E-state index < -0.39 is 6.09 Å². The van der Waals surface area contributed by atoms with Crippen LogP contribution in [0.4, 0.5) is 4.79 Å². The van der Waals surface area contributed by atoms with Gasteiger partial charge in [-0.25, -0.2) is 4.79 Å². The minimum atomic E-state index is -0.847. The quantitative estimate of drug-likeness (QED) is 0.572. The van der Waals surface area contributed by atoms with Crippen LogP contribution >= 0.6 is 22.6 Å². The van der Waals surface area contributed by atoms with E-state index in [-0.39, 0.29) is 6.10 Å². The lowest BCUT2D eigenvalue weighted by Crippen LogP contribution is -2.41. The summed E-state index contributed by atoms with van der Waals surface area (Å²) in [7, 11) is 0. The highest BCUT2D eigenvalue weighted by molar-refractivity contribution is 14.1. The zero-order valence-corrected chi connectivity index (χ0v) is 16.3. The number of carbonyl (C=O) groups is 1. The average molecular weight is 462 g/mol. The molecule has 1 N–H and O–H groups in total. The second kappa shape index (κ2) is 7.19. The Morgan fingerprint density at radius 1 is 1.08 bits per heavy atom. The van der Waals surface area contributed by atoms with Gasteiger partial charge in [0.05, 0.1) is 5.52 Å². The number of hydrogen-bond donors (Lipinski definition) is 1. The van der Waals surface area contributed by atoms with Gasteiger partial charge in [-0.2, -0.15) is 0 Å². The van der Waals surface area contributed by atoms with Crippen molar-refractivity contribution in [3.63, 3.8) is 0 Å². The highest BCUT2D eigenvalue weighted by Crippen LogP contribution is 2.31. The topological polar surface area (TPSA) is 54.7 Å². The lowest BCUT2D eigenvalue weighted by atomic mass is 10.1. The second-order valence-electron chi connectivity index (χ2n) is 6.44. The largest absolute Gasteiger partial charge is 0.490 e. The highest BCUT2D eigenvalue weighted by Gasteiger charge is 2.24. The maximum Gasteiger partial charge on any atom is 0.407 e. The van der Waals surface area contributed by atoms with Gasteiger partial charge in [-0.3, -0.25) is 0 Å². The summed E-state index contributed by atoms with van der Waals surface area (Å²) in [6.45, 7) is 1.05. The predicted octanol–water partition coefficient (Wildman–Crippen LogP) is 4.76. The molecule has 0 radical (unpaired) electrons. The molecule has 134 valence electrons. The monoisotopic (exact) mass is 462 g/mol. The lowest BCUT2D eigenvalue weighted by Gasteiger charge is -2.30. The Kier molecular flexibility index (Phi) is 4.76. The Morgan fingerprint density at radius 3 is 2.50 bits per heavy atom. The van der Waals surface area contributed by atoms with Crippen LogP contribution in [0.5, 0.6) is 5.75 Å². The summed E-state index contributed by atoms with van der Waals surface area (Å²) in [6.07, 6.45) is 2.71. The van der Waals surface area contributed by atoms with E-state index in [2.05, 4.69) is 69.8 Å². The van der Waals surface area contributed by atoms with Gasteiger partial charge >= 0.3 is 6.09 Å². The third-order valence-electron chi connectivity index (χ3n) is 4.80. The van der Waals surface area contributed by atoms with Gasteiger partial charge in [-0.1, -0.05) is 6.07 Å². The molecular formula is C20H19IN2O3. The minimum absolute atomic E-state index is 0.0536. The van der Waals surface area contributed by atoms with Crippen LogP contribution < -0.4 is 4.74 Å². The van der Waals surface area contributed by atoms with Gasteiger partial charge < -0.3 is 19.3 Å². The molecule has 0 atom stereocenters. The zero-order valence-electron chi connectivity index (χ0n) is 14.1. The van der Waals surface area contributed by atoms with Crippen molar-refractivity contribution in [2.24, 2.45) is 0 Å². The fraction of sp³-hybridized carbons (Fsp3) is 0.250. The van der Waals surface area contributed by atoms with Crippen molar-refractivity contribution < 1.29 is 14.6 Å². The first kappa shape index (κ1) is 17.2. The first-order valence-corrected chi connectivity index (χ1v) is 9.70. The number of piperidine rings is 1. The van der Waals surface area contributed by atoms with Crippen LogP contribution in [-0.2, 0) is 0 Å². The number of likely N-dealkylation sites (tertiary alicyclic amines) is 1. The number of ether oxygens (including phenoxy) is 1. The summed E-state index contributed by atoms with van der Waals surface area (Å²) >= 11 is 2.30. The van der Waals surface area contributed by atoms with E-state index in [4.69, 9.17) is 9.84 Å². The SMILES string of the molecule is O=C(O)N1CCC(Oc2cccc3c2ccn3-c2ccc(I)cc2)CC1. The van der Waals surface area contributed by atoms with Crippen molar-refractivity contribution in [2.75, 3.05) is 13.1 Å². The summed E-state index contributed by atoms with van der Waals surface area (Å²) < 4.78 is 9.60. The number of nitrogens with zero attached hydrogens (tertiary/aromatic N) is 2. The fourth-order valence-electron chi connectivity index (χ4n) is 3.41. The van der Waals surface area contributed by atoms with Crippen LogP contribution in [-0.4, -0.2) is 39.9 Å². The van der Waals surface area contributed by atoms with E-state index in [1.54, 1.807) is 0 Å². The molecule has 0 aliphatic carbocycles. The number of amides is 1. The molecule has 0 spiro atoms. The third-order valence-corrected chi connectivity index (χ3v) is 5.52. The van der Waals surface area contributed by atoms with Crippen LogP contribution in [0.15, 0.2) is 54.7 Å². The Balaban J connectivity index is 1.57. The molecule has 1 aliphatic rings. The van der Waals surface area contributed by atoms with E-state index in [0.717, 1.165) is 35.2 Å². The number of fused-ring (bicyclic) bond motifs is 1. The van der Waals surface area contributed by atoms with Crippen molar-refractivity contribution in [1.29, 1.82) is 0 Å². The molecule has 1 aromatic heterocycles. The molecule has 26 heavy (non-hydrogen) atoms. The summed E-state index contributed by atoms with van der Waals surface area (Å²) in [5, 5.41) is 10.1. The molecule has 3 aromatic rings. The van der Waals surface area contributed by atoms with Gasteiger partial charge in [-0.05, 0) is 65.1 Å². The van der Waals surface area contributed by atoms with Crippen LogP contribution in [0.25, 0.3) is 16.6 Å². The van der Waals surface area contributed by atoms with E-state index in [1.165, 1.54) is 8.47 Å². The summed E-state index contributed by atoms with van der Waals surface area (Å²) in [5.41, 5.74) is 2.22. The zero-order chi connectivity index (χ0) is 18.1. The molecule has 1 amide bonds. The molecule has 1 saturated heterocycles. The predicted molar refractivity (Wildman–Crippen MR) is 109 cm³/mol. The van der Waals surface area contributed by atoms with Crippen LogP contribution in [0.3, 0.4) is 0 Å².